The van der Waals surface area contributed by atoms with Gasteiger partial charge >= 0.3 is 0 Å². The van der Waals surface area contributed by atoms with Crippen molar-refractivity contribution in [1.82, 2.24) is 0 Å². The predicted octanol–water partition coefficient (Wildman–Crippen LogP) is 2.95. The van der Waals surface area contributed by atoms with Gasteiger partial charge in [-0.05, 0) is 66.3 Å². The lowest BCUT2D eigenvalue weighted by Crippen LogP contribution is -2.34. The lowest BCUT2D eigenvalue weighted by molar-refractivity contribution is -0.125. The van der Waals surface area contributed by atoms with Gasteiger partial charge in [0.15, 0.2) is 0 Å². The molecule has 7 nitrogen and oxygen atoms in total. The summed E-state index contributed by atoms with van der Waals surface area (Å²) in [6, 6.07) is 4.35. The monoisotopic (exact) mass is 464 g/mol. The molecule has 8 atom stereocenters. The highest BCUT2D eigenvalue weighted by molar-refractivity contribution is 6.67. The van der Waals surface area contributed by atoms with Crippen LogP contribution in [-0.4, -0.2) is 29.3 Å². The Morgan fingerprint density at radius 3 is 2.15 bits per heavy atom. The highest BCUT2D eigenvalue weighted by Crippen LogP contribution is 2.53. The Balaban J connectivity index is 1.32. The van der Waals surface area contributed by atoms with Crippen LogP contribution in [0.15, 0.2) is 42.5 Å². The van der Waals surface area contributed by atoms with Crippen LogP contribution in [0.2, 0.25) is 0 Å². The number of hydrogen-bond donors (Lipinski definition) is 1. The van der Waals surface area contributed by atoms with Crippen molar-refractivity contribution in [1.29, 1.82) is 0 Å². The Morgan fingerprint density at radius 2 is 1.52 bits per heavy atom. The van der Waals surface area contributed by atoms with Crippen molar-refractivity contribution < 1.29 is 24.0 Å². The van der Waals surface area contributed by atoms with E-state index in [0.29, 0.717) is 0 Å². The molecule has 3 fully saturated rings. The molecule has 5 aliphatic rings. The van der Waals surface area contributed by atoms with Gasteiger partial charge in [-0.2, -0.15) is 0 Å². The molecule has 2 saturated carbocycles. The molecule has 6 rings (SSSR count). The van der Waals surface area contributed by atoms with E-state index in [0.717, 1.165) is 24.0 Å². The van der Waals surface area contributed by atoms with E-state index in [-0.39, 0.29) is 76.1 Å². The standard InChI is InChI=1S/C25H21ClN2O5/c26-22(30)15-7-16(27-23(31)19-12-2-1-11(5-12)18(19)10-29)9-17(8-15)28-24(32)20-13-3-4-14(6-13)21(20)25(28)33/h1-4,7-14,18-21H,5-6H2,(H,27,31). The first-order valence-electron chi connectivity index (χ1n) is 11.2. The van der Waals surface area contributed by atoms with Crippen LogP contribution in [0, 0.1) is 47.3 Å². The van der Waals surface area contributed by atoms with Crippen molar-refractivity contribution in [3.8, 4) is 0 Å². The summed E-state index contributed by atoms with van der Waals surface area (Å²) in [5.41, 5.74) is 0.556. The number of nitrogens with one attached hydrogen (secondary N) is 1. The van der Waals surface area contributed by atoms with E-state index in [9.17, 15) is 24.0 Å². The van der Waals surface area contributed by atoms with Crippen molar-refractivity contribution in [2.45, 2.75) is 12.8 Å². The SMILES string of the molecule is O=CC1C2C=CC(C2)C1C(=O)Nc1cc(C(=O)Cl)cc(N2C(=O)C3C4C=CC(C4)C3C2=O)c1. The minimum atomic E-state index is -0.762. The van der Waals surface area contributed by atoms with Crippen LogP contribution in [0.1, 0.15) is 23.2 Å². The molecule has 33 heavy (non-hydrogen) atoms. The zero-order valence-electron chi connectivity index (χ0n) is 17.5. The van der Waals surface area contributed by atoms with Gasteiger partial charge in [0.1, 0.15) is 6.29 Å². The topological polar surface area (TPSA) is 101 Å². The fourth-order valence-corrected chi connectivity index (χ4v) is 6.83. The summed E-state index contributed by atoms with van der Waals surface area (Å²) >= 11 is 5.73. The molecule has 4 aliphatic carbocycles. The van der Waals surface area contributed by atoms with E-state index < -0.39 is 11.2 Å². The van der Waals surface area contributed by atoms with Gasteiger partial charge in [-0.25, -0.2) is 4.90 Å². The number of allylic oxidation sites excluding steroid dienone is 4. The molecule has 3 amide bonds. The van der Waals surface area contributed by atoms with Crippen molar-refractivity contribution in [2.24, 2.45) is 47.3 Å². The number of imide groups is 1. The fourth-order valence-electron chi connectivity index (χ4n) is 6.72. The second-order valence-corrected chi connectivity index (χ2v) is 10.1. The normalized spacial score (nSPS) is 37.2. The van der Waals surface area contributed by atoms with Gasteiger partial charge in [-0.3, -0.25) is 19.2 Å². The number of amides is 3. The van der Waals surface area contributed by atoms with Crippen molar-refractivity contribution in [3.63, 3.8) is 0 Å². The third-order valence-corrected chi connectivity index (χ3v) is 8.34. The van der Waals surface area contributed by atoms with E-state index in [1.54, 1.807) is 0 Å². The van der Waals surface area contributed by atoms with Gasteiger partial charge in [0.2, 0.25) is 17.7 Å². The maximum atomic E-state index is 13.2. The quantitative estimate of drug-likeness (QED) is 0.312. The average Bonchev–Trinajstić information content (AvgIpc) is 3.60. The van der Waals surface area contributed by atoms with Crippen LogP contribution in [-0.2, 0) is 19.2 Å². The summed E-state index contributed by atoms with van der Waals surface area (Å²) in [6.45, 7) is 0. The lowest BCUT2D eigenvalue weighted by atomic mass is 9.83. The smallest absolute Gasteiger partial charge is 0.252 e. The van der Waals surface area contributed by atoms with Crippen LogP contribution >= 0.6 is 11.6 Å². The minimum Gasteiger partial charge on any atom is -0.326 e. The fraction of sp³-hybridized carbons (Fsp3) is 0.400. The molecule has 1 heterocycles. The van der Waals surface area contributed by atoms with Crippen molar-refractivity contribution in [3.05, 3.63) is 48.1 Å². The molecule has 8 heteroatoms. The van der Waals surface area contributed by atoms with E-state index in [1.165, 1.54) is 18.2 Å². The van der Waals surface area contributed by atoms with Crippen LogP contribution < -0.4 is 10.2 Å². The molecule has 1 aliphatic heterocycles. The maximum absolute atomic E-state index is 13.2. The van der Waals surface area contributed by atoms with Crippen LogP contribution in [0.5, 0.6) is 0 Å². The Hall–Kier alpha value is -3.06. The number of anilines is 2. The number of nitrogens with zero attached hydrogens (tertiary/aromatic N) is 1. The maximum Gasteiger partial charge on any atom is 0.252 e. The highest BCUT2D eigenvalue weighted by Gasteiger charge is 2.59. The van der Waals surface area contributed by atoms with Crippen LogP contribution in [0.25, 0.3) is 0 Å². The third-order valence-electron chi connectivity index (χ3n) is 8.12. The Labute approximate surface area is 194 Å². The molecule has 1 N–H and O–H groups in total. The zero-order chi connectivity index (χ0) is 23.0. The number of hydrogen-bond acceptors (Lipinski definition) is 5. The van der Waals surface area contributed by atoms with Gasteiger partial charge in [0.25, 0.3) is 5.24 Å². The molecule has 0 aromatic heterocycles. The number of aldehydes is 1. The molecule has 1 saturated heterocycles. The third kappa shape index (κ3) is 2.91. The van der Waals surface area contributed by atoms with Gasteiger partial charge < -0.3 is 10.1 Å². The first-order chi connectivity index (χ1) is 15.9. The predicted molar refractivity (Wildman–Crippen MR) is 119 cm³/mol. The second kappa shape index (κ2) is 7.22. The molecule has 168 valence electrons. The summed E-state index contributed by atoms with van der Waals surface area (Å²) in [6.07, 6.45) is 10.4. The molecule has 8 unspecified atom stereocenters. The van der Waals surface area contributed by atoms with E-state index >= 15 is 0 Å². The number of carbonyl (C=O) groups is 5. The number of halogens is 1. The summed E-state index contributed by atoms with van der Waals surface area (Å²) in [5, 5.41) is 2.04. The van der Waals surface area contributed by atoms with Gasteiger partial charge in [0.05, 0.1) is 23.4 Å². The Morgan fingerprint density at radius 1 is 0.909 bits per heavy atom. The number of benzene rings is 1. The number of carbonyl (C=O) groups excluding carboxylic acids is 5. The van der Waals surface area contributed by atoms with E-state index in [2.05, 4.69) is 5.32 Å². The first kappa shape index (κ1) is 20.5. The molecular formula is C25H21ClN2O5. The molecule has 1 aromatic carbocycles. The average molecular weight is 465 g/mol. The minimum absolute atomic E-state index is 0.00778. The molecule has 1 aromatic rings. The van der Waals surface area contributed by atoms with Crippen LogP contribution in [0.3, 0.4) is 0 Å². The first-order valence-corrected chi connectivity index (χ1v) is 11.6. The van der Waals surface area contributed by atoms with Gasteiger partial charge in [0, 0.05) is 17.2 Å². The molecular weight excluding hydrogens is 444 g/mol. The lowest BCUT2D eigenvalue weighted by Gasteiger charge is -2.23. The Kier molecular flexibility index (Phi) is 4.49. The Bertz CT molecular complexity index is 1160. The van der Waals surface area contributed by atoms with Crippen molar-refractivity contribution >= 4 is 52.2 Å². The van der Waals surface area contributed by atoms with Gasteiger partial charge in [-0.1, -0.05) is 24.3 Å². The highest BCUT2D eigenvalue weighted by atomic mass is 35.5. The van der Waals surface area contributed by atoms with Crippen molar-refractivity contribution in [2.75, 3.05) is 10.2 Å². The second-order valence-electron chi connectivity index (χ2n) is 9.73. The number of fused-ring (bicyclic) bond motifs is 7. The largest absolute Gasteiger partial charge is 0.326 e. The summed E-state index contributed by atoms with van der Waals surface area (Å²) < 4.78 is 0. The zero-order valence-corrected chi connectivity index (χ0v) is 18.3. The van der Waals surface area contributed by atoms with Gasteiger partial charge in [-0.15, -0.1) is 0 Å². The summed E-state index contributed by atoms with van der Waals surface area (Å²) in [5.74, 6) is -2.35. The number of rotatable bonds is 5. The summed E-state index contributed by atoms with van der Waals surface area (Å²) in [7, 11) is 0. The van der Waals surface area contributed by atoms with Crippen LogP contribution in [0.4, 0.5) is 11.4 Å². The molecule has 0 spiro atoms. The molecule has 4 bridgehead atoms. The molecule has 0 radical (unpaired) electrons. The van der Waals surface area contributed by atoms with E-state index in [1.807, 2.05) is 24.3 Å². The van der Waals surface area contributed by atoms with E-state index in [4.69, 9.17) is 11.6 Å². The summed E-state index contributed by atoms with van der Waals surface area (Å²) in [4.78, 5) is 64.2.